The standard InChI is InChI=1S/C22H23ClN2O5/c1-13-4-6-17(8-14(13)2)25-11-15(9-21(25)27)22(28)30-12-20(26)24-18-10-16(23)5-7-19(18)29-3/h4-8,10,15H,9,11-12H2,1-3H3,(H,24,26)/t15-/m0/s1. The summed E-state index contributed by atoms with van der Waals surface area (Å²) in [5, 5.41) is 3.03. The van der Waals surface area contributed by atoms with E-state index in [2.05, 4.69) is 5.32 Å². The van der Waals surface area contributed by atoms with Crippen LogP contribution in [0.2, 0.25) is 5.02 Å². The third-order valence-electron chi connectivity index (χ3n) is 5.04. The molecule has 0 radical (unpaired) electrons. The summed E-state index contributed by atoms with van der Waals surface area (Å²) in [5.74, 6) is -1.44. The summed E-state index contributed by atoms with van der Waals surface area (Å²) < 4.78 is 10.3. The molecular formula is C22H23ClN2O5. The highest BCUT2D eigenvalue weighted by Crippen LogP contribution is 2.29. The number of rotatable bonds is 6. The lowest BCUT2D eigenvalue weighted by Gasteiger charge is -2.18. The van der Waals surface area contributed by atoms with E-state index < -0.39 is 24.4 Å². The number of benzene rings is 2. The van der Waals surface area contributed by atoms with Crippen LogP contribution in [0.3, 0.4) is 0 Å². The number of amides is 2. The van der Waals surface area contributed by atoms with Crippen molar-refractivity contribution in [3.8, 4) is 5.75 Å². The van der Waals surface area contributed by atoms with Crippen molar-refractivity contribution < 1.29 is 23.9 Å². The molecule has 1 heterocycles. The number of halogens is 1. The van der Waals surface area contributed by atoms with Gasteiger partial charge in [-0.2, -0.15) is 0 Å². The predicted octanol–water partition coefficient (Wildman–Crippen LogP) is 3.50. The molecule has 8 heteroatoms. The lowest BCUT2D eigenvalue weighted by molar-refractivity contribution is -0.151. The van der Waals surface area contributed by atoms with Gasteiger partial charge in [0.25, 0.3) is 5.91 Å². The van der Waals surface area contributed by atoms with Crippen molar-refractivity contribution in [3.05, 3.63) is 52.5 Å². The second kappa shape index (κ2) is 9.17. The molecule has 0 aliphatic carbocycles. The lowest BCUT2D eigenvalue weighted by Crippen LogP contribution is -2.28. The molecule has 1 atom stereocenters. The highest BCUT2D eigenvalue weighted by atomic mass is 35.5. The Morgan fingerprint density at radius 2 is 1.93 bits per heavy atom. The molecule has 2 aromatic rings. The van der Waals surface area contributed by atoms with Crippen LogP contribution in [0.4, 0.5) is 11.4 Å². The van der Waals surface area contributed by atoms with Gasteiger partial charge >= 0.3 is 5.97 Å². The van der Waals surface area contributed by atoms with E-state index in [1.807, 2.05) is 32.0 Å². The van der Waals surface area contributed by atoms with Gasteiger partial charge in [-0.15, -0.1) is 0 Å². The number of carbonyl (C=O) groups excluding carboxylic acids is 3. The fraction of sp³-hybridized carbons (Fsp3) is 0.318. The molecule has 2 aromatic carbocycles. The minimum Gasteiger partial charge on any atom is -0.495 e. The zero-order chi connectivity index (χ0) is 21.8. The third kappa shape index (κ3) is 4.91. The third-order valence-corrected chi connectivity index (χ3v) is 5.28. The SMILES string of the molecule is COc1ccc(Cl)cc1NC(=O)COC(=O)[C@H]1CC(=O)N(c2ccc(C)c(C)c2)C1. The summed E-state index contributed by atoms with van der Waals surface area (Å²) in [7, 11) is 1.47. The molecule has 7 nitrogen and oxygen atoms in total. The van der Waals surface area contributed by atoms with Gasteiger partial charge in [-0.25, -0.2) is 0 Å². The fourth-order valence-corrected chi connectivity index (χ4v) is 3.40. The molecule has 0 bridgehead atoms. The van der Waals surface area contributed by atoms with Crippen molar-refractivity contribution in [2.75, 3.05) is 30.5 Å². The minimum atomic E-state index is -0.618. The first-order valence-electron chi connectivity index (χ1n) is 9.46. The summed E-state index contributed by atoms with van der Waals surface area (Å²) >= 11 is 5.94. The van der Waals surface area contributed by atoms with Gasteiger partial charge in [0.2, 0.25) is 5.91 Å². The Morgan fingerprint density at radius 1 is 1.17 bits per heavy atom. The lowest BCUT2D eigenvalue weighted by atomic mass is 10.1. The Morgan fingerprint density at radius 3 is 2.63 bits per heavy atom. The van der Waals surface area contributed by atoms with E-state index in [0.717, 1.165) is 16.8 Å². The molecule has 0 spiro atoms. The summed E-state index contributed by atoms with van der Waals surface area (Å²) in [6.45, 7) is 3.72. The van der Waals surface area contributed by atoms with Gasteiger partial charge in [0.05, 0.1) is 18.7 Å². The summed E-state index contributed by atoms with van der Waals surface area (Å²) in [6, 6.07) is 10.5. The average molecular weight is 431 g/mol. The van der Waals surface area contributed by atoms with Gasteiger partial charge in [-0.1, -0.05) is 17.7 Å². The van der Waals surface area contributed by atoms with E-state index >= 15 is 0 Å². The monoisotopic (exact) mass is 430 g/mol. The second-order valence-corrected chi connectivity index (χ2v) is 7.61. The number of hydrogen-bond acceptors (Lipinski definition) is 5. The van der Waals surface area contributed by atoms with Crippen molar-refractivity contribution in [2.24, 2.45) is 5.92 Å². The highest BCUT2D eigenvalue weighted by molar-refractivity contribution is 6.31. The van der Waals surface area contributed by atoms with Crippen LogP contribution in [0.15, 0.2) is 36.4 Å². The van der Waals surface area contributed by atoms with Crippen LogP contribution in [-0.4, -0.2) is 38.0 Å². The molecule has 1 N–H and O–H groups in total. The van der Waals surface area contributed by atoms with E-state index in [0.29, 0.717) is 16.5 Å². The quantitative estimate of drug-likeness (QED) is 0.709. The minimum absolute atomic E-state index is 0.0511. The van der Waals surface area contributed by atoms with Gasteiger partial charge < -0.3 is 19.7 Å². The number of aryl methyl sites for hydroxylation is 2. The van der Waals surface area contributed by atoms with E-state index in [-0.39, 0.29) is 18.9 Å². The number of anilines is 2. The Balaban J connectivity index is 1.56. The van der Waals surface area contributed by atoms with Gasteiger partial charge in [-0.05, 0) is 55.3 Å². The Labute approximate surface area is 179 Å². The Hall–Kier alpha value is -3.06. The zero-order valence-electron chi connectivity index (χ0n) is 17.0. The Bertz CT molecular complexity index is 991. The molecule has 0 saturated carbocycles. The molecule has 30 heavy (non-hydrogen) atoms. The maximum atomic E-state index is 12.4. The van der Waals surface area contributed by atoms with Crippen molar-refractivity contribution in [3.63, 3.8) is 0 Å². The first kappa shape index (κ1) is 21.6. The predicted molar refractivity (Wildman–Crippen MR) is 114 cm³/mol. The highest BCUT2D eigenvalue weighted by Gasteiger charge is 2.36. The summed E-state index contributed by atoms with van der Waals surface area (Å²) in [4.78, 5) is 38.5. The van der Waals surface area contributed by atoms with Crippen LogP contribution >= 0.6 is 11.6 Å². The second-order valence-electron chi connectivity index (χ2n) is 7.17. The van der Waals surface area contributed by atoms with Crippen LogP contribution in [-0.2, 0) is 19.1 Å². The molecule has 1 aliphatic heterocycles. The number of ether oxygens (including phenoxy) is 2. The number of nitrogens with zero attached hydrogens (tertiary/aromatic N) is 1. The fourth-order valence-electron chi connectivity index (χ4n) is 3.23. The molecular weight excluding hydrogens is 408 g/mol. The topological polar surface area (TPSA) is 84.9 Å². The number of methoxy groups -OCH3 is 1. The van der Waals surface area contributed by atoms with Crippen LogP contribution in [0, 0.1) is 19.8 Å². The molecule has 0 aromatic heterocycles. The summed E-state index contributed by atoms with van der Waals surface area (Å²) in [6.07, 6.45) is 0.0511. The molecule has 0 unspecified atom stereocenters. The number of esters is 1. The summed E-state index contributed by atoms with van der Waals surface area (Å²) in [5.41, 5.74) is 3.33. The maximum absolute atomic E-state index is 12.4. The van der Waals surface area contributed by atoms with Gasteiger partial charge in [0.15, 0.2) is 6.61 Å². The first-order valence-corrected chi connectivity index (χ1v) is 9.84. The number of carbonyl (C=O) groups is 3. The van der Waals surface area contributed by atoms with Crippen LogP contribution in [0.5, 0.6) is 5.75 Å². The Kier molecular flexibility index (Phi) is 6.62. The van der Waals surface area contributed by atoms with E-state index in [1.54, 1.807) is 17.0 Å². The van der Waals surface area contributed by atoms with E-state index in [4.69, 9.17) is 21.1 Å². The maximum Gasteiger partial charge on any atom is 0.311 e. The average Bonchev–Trinajstić information content (AvgIpc) is 3.10. The van der Waals surface area contributed by atoms with Gasteiger partial charge in [-0.3, -0.25) is 14.4 Å². The first-order chi connectivity index (χ1) is 14.3. The zero-order valence-corrected chi connectivity index (χ0v) is 17.8. The number of nitrogens with one attached hydrogen (secondary N) is 1. The van der Waals surface area contributed by atoms with E-state index in [9.17, 15) is 14.4 Å². The van der Waals surface area contributed by atoms with Crippen LogP contribution < -0.4 is 15.0 Å². The van der Waals surface area contributed by atoms with E-state index in [1.165, 1.54) is 13.2 Å². The van der Waals surface area contributed by atoms with Crippen molar-refractivity contribution >= 4 is 40.8 Å². The van der Waals surface area contributed by atoms with Crippen molar-refractivity contribution in [1.29, 1.82) is 0 Å². The molecule has 158 valence electrons. The van der Waals surface area contributed by atoms with Crippen molar-refractivity contribution in [1.82, 2.24) is 0 Å². The molecule has 1 fully saturated rings. The molecule has 2 amide bonds. The normalized spacial score (nSPS) is 15.8. The molecule has 1 aliphatic rings. The molecule has 3 rings (SSSR count). The van der Waals surface area contributed by atoms with Crippen LogP contribution in [0.25, 0.3) is 0 Å². The molecule has 1 saturated heterocycles. The van der Waals surface area contributed by atoms with Crippen LogP contribution in [0.1, 0.15) is 17.5 Å². The van der Waals surface area contributed by atoms with Gasteiger partial charge in [0, 0.05) is 23.7 Å². The van der Waals surface area contributed by atoms with Gasteiger partial charge in [0.1, 0.15) is 5.75 Å². The number of hydrogen-bond donors (Lipinski definition) is 1. The van der Waals surface area contributed by atoms with Crippen molar-refractivity contribution in [2.45, 2.75) is 20.3 Å². The smallest absolute Gasteiger partial charge is 0.311 e. The largest absolute Gasteiger partial charge is 0.495 e.